The van der Waals surface area contributed by atoms with Gasteiger partial charge in [-0.05, 0) is 30.3 Å². The second kappa shape index (κ2) is 6.54. The van der Waals surface area contributed by atoms with Gasteiger partial charge in [0, 0.05) is 25.4 Å². The molecule has 0 saturated carbocycles. The molecule has 0 unspecified atom stereocenters. The van der Waals surface area contributed by atoms with E-state index in [1.807, 2.05) is 0 Å². The van der Waals surface area contributed by atoms with E-state index in [9.17, 15) is 20.4 Å². The molecule has 0 spiro atoms. The number of nitrogens with zero attached hydrogens (tertiary/aromatic N) is 5. The number of hydrogen-bond donors (Lipinski definition) is 4. The van der Waals surface area contributed by atoms with Crippen LogP contribution in [0.4, 0.5) is 0 Å². The quantitative estimate of drug-likeness (QED) is 0.427. The van der Waals surface area contributed by atoms with Crippen molar-refractivity contribution >= 4 is 0 Å². The molecular formula is C19H15N5O4. The molecule has 4 rings (SSSR count). The molecule has 9 nitrogen and oxygen atoms in total. The second-order valence-corrected chi connectivity index (χ2v) is 6.05. The largest absolute Gasteiger partial charge is 0.508 e. The van der Waals surface area contributed by atoms with Gasteiger partial charge in [-0.15, -0.1) is 0 Å². The second-order valence-electron chi connectivity index (χ2n) is 6.05. The van der Waals surface area contributed by atoms with Crippen LogP contribution in [0, 0.1) is 0 Å². The number of aromatic hydroxyl groups is 4. The molecule has 0 saturated heterocycles. The Bertz CT molecular complexity index is 1120. The minimum Gasteiger partial charge on any atom is -0.508 e. The fourth-order valence-electron chi connectivity index (χ4n) is 2.74. The Balaban J connectivity index is 1.97. The number of rotatable bonds is 3. The molecule has 2 aromatic heterocycles. The van der Waals surface area contributed by atoms with E-state index in [1.165, 1.54) is 36.4 Å². The average molecular weight is 377 g/mol. The summed E-state index contributed by atoms with van der Waals surface area (Å²) in [7, 11) is 1.73. The Morgan fingerprint density at radius 2 is 1.18 bits per heavy atom. The van der Waals surface area contributed by atoms with Gasteiger partial charge in [-0.1, -0.05) is 0 Å². The van der Waals surface area contributed by atoms with Gasteiger partial charge in [0.2, 0.25) is 0 Å². The highest BCUT2D eigenvalue weighted by Crippen LogP contribution is 2.34. The van der Waals surface area contributed by atoms with Crippen molar-refractivity contribution in [3.05, 3.63) is 48.7 Å². The molecule has 0 aliphatic carbocycles. The molecule has 9 heteroatoms. The molecule has 0 aliphatic heterocycles. The Labute approximate surface area is 158 Å². The molecule has 0 fully saturated rings. The van der Waals surface area contributed by atoms with Gasteiger partial charge < -0.3 is 20.4 Å². The summed E-state index contributed by atoms with van der Waals surface area (Å²) in [5.41, 5.74) is 1.16. The van der Waals surface area contributed by atoms with Crippen LogP contribution in [0.15, 0.2) is 48.7 Å². The van der Waals surface area contributed by atoms with E-state index in [0.29, 0.717) is 5.69 Å². The van der Waals surface area contributed by atoms with Crippen LogP contribution in [-0.2, 0) is 7.05 Å². The lowest BCUT2D eigenvalue weighted by Crippen LogP contribution is -2.03. The molecule has 28 heavy (non-hydrogen) atoms. The topological polar surface area (TPSA) is 137 Å². The van der Waals surface area contributed by atoms with Crippen molar-refractivity contribution < 1.29 is 20.4 Å². The highest BCUT2D eigenvalue weighted by Gasteiger charge is 2.18. The van der Waals surface area contributed by atoms with Crippen molar-refractivity contribution in [1.29, 1.82) is 0 Å². The Hall–Kier alpha value is -4.14. The molecule has 0 bridgehead atoms. The molecule has 2 heterocycles. The zero-order chi connectivity index (χ0) is 19.8. The Morgan fingerprint density at radius 1 is 0.679 bits per heavy atom. The van der Waals surface area contributed by atoms with Crippen molar-refractivity contribution in [2.45, 2.75) is 0 Å². The van der Waals surface area contributed by atoms with Crippen molar-refractivity contribution in [3.8, 4) is 57.3 Å². The highest BCUT2D eigenvalue weighted by molar-refractivity contribution is 5.72. The summed E-state index contributed by atoms with van der Waals surface area (Å²) in [6.45, 7) is 0. The first-order chi connectivity index (χ1) is 13.4. The molecule has 140 valence electrons. The molecule has 0 atom stereocenters. The summed E-state index contributed by atoms with van der Waals surface area (Å²) in [5.74, 6) is -0.0412. The predicted molar refractivity (Wildman–Crippen MR) is 99.6 cm³/mol. The number of phenols is 4. The van der Waals surface area contributed by atoms with Crippen LogP contribution in [-0.4, -0.2) is 45.2 Å². The summed E-state index contributed by atoms with van der Waals surface area (Å²) in [5, 5.41) is 43.6. The van der Waals surface area contributed by atoms with Crippen LogP contribution in [0.25, 0.3) is 34.3 Å². The SMILES string of the molecule is Cn1nccc1-c1nc(-c2ccc(O)cc2O)nc(-c2ccc(O)cc2O)n1. The van der Waals surface area contributed by atoms with Crippen molar-refractivity contribution in [2.24, 2.45) is 7.05 Å². The molecule has 2 aromatic carbocycles. The number of phenolic OH excluding ortho intramolecular Hbond substituents is 4. The monoisotopic (exact) mass is 377 g/mol. The van der Waals surface area contributed by atoms with Gasteiger partial charge in [-0.2, -0.15) is 5.10 Å². The van der Waals surface area contributed by atoms with E-state index < -0.39 is 0 Å². The number of aryl methyl sites for hydroxylation is 1. The molecular weight excluding hydrogens is 362 g/mol. The van der Waals surface area contributed by atoms with Gasteiger partial charge in [0.15, 0.2) is 17.5 Å². The van der Waals surface area contributed by atoms with Crippen molar-refractivity contribution in [1.82, 2.24) is 24.7 Å². The smallest absolute Gasteiger partial charge is 0.182 e. The van der Waals surface area contributed by atoms with Crippen LogP contribution in [0.2, 0.25) is 0 Å². The van der Waals surface area contributed by atoms with Crippen LogP contribution < -0.4 is 0 Å². The van der Waals surface area contributed by atoms with Crippen LogP contribution >= 0.6 is 0 Å². The van der Waals surface area contributed by atoms with Gasteiger partial charge >= 0.3 is 0 Å². The first kappa shape index (κ1) is 17.3. The third-order valence-electron chi connectivity index (χ3n) is 4.13. The summed E-state index contributed by atoms with van der Waals surface area (Å²) in [4.78, 5) is 13.2. The predicted octanol–water partition coefficient (Wildman–Crippen LogP) is 2.43. The van der Waals surface area contributed by atoms with E-state index in [1.54, 1.807) is 24.0 Å². The molecule has 0 aliphatic rings. The number of benzene rings is 2. The number of aromatic nitrogens is 5. The lowest BCUT2D eigenvalue weighted by atomic mass is 10.1. The maximum atomic E-state index is 10.2. The summed E-state index contributed by atoms with van der Waals surface area (Å²) in [6, 6.07) is 9.85. The van der Waals surface area contributed by atoms with Crippen molar-refractivity contribution in [3.63, 3.8) is 0 Å². The third-order valence-corrected chi connectivity index (χ3v) is 4.13. The van der Waals surface area contributed by atoms with E-state index >= 15 is 0 Å². The molecule has 4 aromatic rings. The van der Waals surface area contributed by atoms with Crippen LogP contribution in [0.1, 0.15) is 0 Å². The van der Waals surface area contributed by atoms with E-state index in [0.717, 1.165) is 0 Å². The molecule has 0 radical (unpaired) electrons. The van der Waals surface area contributed by atoms with E-state index in [-0.39, 0.29) is 51.6 Å². The normalized spacial score (nSPS) is 10.9. The molecule has 4 N–H and O–H groups in total. The summed E-state index contributed by atoms with van der Waals surface area (Å²) >= 11 is 0. The van der Waals surface area contributed by atoms with Gasteiger partial charge in [-0.3, -0.25) is 4.68 Å². The highest BCUT2D eigenvalue weighted by atomic mass is 16.3. The molecule has 0 amide bonds. The van der Waals surface area contributed by atoms with Gasteiger partial charge in [0.05, 0.1) is 11.1 Å². The first-order valence-corrected chi connectivity index (χ1v) is 8.21. The standard InChI is InChI=1S/C19H15N5O4/c1-24-14(6-7-20-24)19-22-17(12-4-2-10(25)8-15(12)27)21-18(23-19)13-5-3-11(26)9-16(13)28/h2-9,25-28H,1H3. The zero-order valence-corrected chi connectivity index (χ0v) is 14.6. The van der Waals surface area contributed by atoms with Crippen molar-refractivity contribution in [2.75, 3.05) is 0 Å². The minimum absolute atomic E-state index is 0.0985. The first-order valence-electron chi connectivity index (χ1n) is 8.21. The summed E-state index contributed by atoms with van der Waals surface area (Å²) < 4.78 is 1.58. The van der Waals surface area contributed by atoms with Crippen LogP contribution in [0.3, 0.4) is 0 Å². The lowest BCUT2D eigenvalue weighted by molar-refractivity contribution is 0.451. The third kappa shape index (κ3) is 3.05. The fraction of sp³-hybridized carbons (Fsp3) is 0.0526. The van der Waals surface area contributed by atoms with E-state index in [2.05, 4.69) is 20.1 Å². The average Bonchev–Trinajstić information content (AvgIpc) is 3.07. The Kier molecular flexibility index (Phi) is 4.04. The maximum Gasteiger partial charge on any atom is 0.182 e. The van der Waals surface area contributed by atoms with Gasteiger partial charge in [0.25, 0.3) is 0 Å². The lowest BCUT2D eigenvalue weighted by Gasteiger charge is -2.10. The van der Waals surface area contributed by atoms with Gasteiger partial charge in [-0.25, -0.2) is 15.0 Å². The number of hydrogen-bond acceptors (Lipinski definition) is 8. The minimum atomic E-state index is -0.206. The maximum absolute atomic E-state index is 10.2. The van der Waals surface area contributed by atoms with Crippen LogP contribution in [0.5, 0.6) is 23.0 Å². The summed E-state index contributed by atoms with van der Waals surface area (Å²) in [6.07, 6.45) is 1.59. The zero-order valence-electron chi connectivity index (χ0n) is 14.6. The van der Waals surface area contributed by atoms with Gasteiger partial charge in [0.1, 0.15) is 28.7 Å². The van der Waals surface area contributed by atoms with E-state index in [4.69, 9.17) is 0 Å². The fourth-order valence-corrected chi connectivity index (χ4v) is 2.74. The Morgan fingerprint density at radius 3 is 1.61 bits per heavy atom.